The molecule has 0 radical (unpaired) electrons. The number of amides is 2. The van der Waals surface area contributed by atoms with E-state index in [0.29, 0.717) is 12.4 Å². The van der Waals surface area contributed by atoms with Gasteiger partial charge in [-0.3, -0.25) is 0 Å². The van der Waals surface area contributed by atoms with Gasteiger partial charge in [0.15, 0.2) is 0 Å². The molecule has 1 saturated heterocycles. The fourth-order valence-corrected chi connectivity index (χ4v) is 4.51. The molecule has 0 saturated carbocycles. The average Bonchev–Trinajstić information content (AvgIpc) is 2.61. The number of nitrogens with zero attached hydrogens (tertiary/aromatic N) is 2. The van der Waals surface area contributed by atoms with Crippen molar-refractivity contribution in [3.63, 3.8) is 0 Å². The van der Waals surface area contributed by atoms with Gasteiger partial charge in [0.05, 0.1) is 17.3 Å². The van der Waals surface area contributed by atoms with Crippen molar-refractivity contribution in [3.05, 3.63) is 24.3 Å². The van der Waals surface area contributed by atoms with Crippen LogP contribution < -0.4 is 10.1 Å². The Morgan fingerprint density at radius 2 is 1.67 bits per heavy atom. The monoisotopic (exact) mass is 419 g/mol. The zero-order chi connectivity index (χ0) is 20.1. The molecule has 11 heteroatoms. The molecule has 1 fully saturated rings. The molecule has 152 valence electrons. The van der Waals surface area contributed by atoms with Crippen LogP contribution >= 0.6 is 0 Å². The van der Waals surface area contributed by atoms with Crippen molar-refractivity contribution in [2.24, 2.45) is 0 Å². The van der Waals surface area contributed by atoms with E-state index < -0.39 is 25.9 Å². The highest BCUT2D eigenvalue weighted by Gasteiger charge is 2.30. The molecule has 1 N–H and O–H groups in total. The average molecular weight is 420 g/mol. The molecule has 1 aliphatic rings. The molecule has 0 aromatic heterocycles. The van der Waals surface area contributed by atoms with Crippen molar-refractivity contribution in [2.75, 3.05) is 51.3 Å². The molecule has 27 heavy (non-hydrogen) atoms. The Bertz CT molecular complexity index is 845. The van der Waals surface area contributed by atoms with Gasteiger partial charge >= 0.3 is 6.03 Å². The van der Waals surface area contributed by atoms with Crippen molar-refractivity contribution in [1.29, 1.82) is 0 Å². The summed E-state index contributed by atoms with van der Waals surface area (Å²) < 4.78 is 54.3. The lowest BCUT2D eigenvalue weighted by molar-refractivity contribution is 0.173. The standard InChI is InChI=1S/C16H25N3O6S2/c1-3-25-14-4-6-15(7-5-14)27(23,24)19-11-9-18(10-12-19)16(20)17-8-13-26(2,21)22/h4-7H,3,8-13H2,1-2H3,(H,17,20). The number of carbonyl (C=O) groups excluding carboxylic acids is 1. The molecular formula is C16H25N3O6S2. The third kappa shape index (κ3) is 6.08. The Balaban J connectivity index is 1.91. The zero-order valence-electron chi connectivity index (χ0n) is 15.4. The van der Waals surface area contributed by atoms with E-state index in [1.807, 2.05) is 6.92 Å². The Kier molecular flexibility index (Phi) is 7.06. The van der Waals surface area contributed by atoms with E-state index in [1.54, 1.807) is 12.1 Å². The largest absolute Gasteiger partial charge is 0.494 e. The highest BCUT2D eigenvalue weighted by molar-refractivity contribution is 7.90. The number of hydrogen-bond acceptors (Lipinski definition) is 6. The minimum Gasteiger partial charge on any atom is -0.494 e. The number of urea groups is 1. The summed E-state index contributed by atoms with van der Waals surface area (Å²) in [5.41, 5.74) is 0. The minimum atomic E-state index is -3.64. The number of benzene rings is 1. The Morgan fingerprint density at radius 3 is 2.19 bits per heavy atom. The van der Waals surface area contributed by atoms with Crippen LogP contribution in [0.1, 0.15) is 6.92 Å². The van der Waals surface area contributed by atoms with Crippen LogP contribution in [0.3, 0.4) is 0 Å². The van der Waals surface area contributed by atoms with Gasteiger partial charge in [-0.05, 0) is 31.2 Å². The van der Waals surface area contributed by atoms with E-state index in [-0.39, 0.29) is 43.4 Å². The number of nitrogens with one attached hydrogen (secondary N) is 1. The normalized spacial score (nSPS) is 16.1. The van der Waals surface area contributed by atoms with Crippen molar-refractivity contribution in [1.82, 2.24) is 14.5 Å². The quantitative estimate of drug-likeness (QED) is 0.673. The molecule has 1 heterocycles. The van der Waals surface area contributed by atoms with Crippen LogP contribution in [0.2, 0.25) is 0 Å². The van der Waals surface area contributed by atoms with Gasteiger partial charge in [-0.15, -0.1) is 0 Å². The maximum absolute atomic E-state index is 12.7. The second kappa shape index (κ2) is 8.89. The van der Waals surface area contributed by atoms with Crippen molar-refractivity contribution in [2.45, 2.75) is 11.8 Å². The first-order valence-electron chi connectivity index (χ1n) is 8.57. The Hall–Kier alpha value is -1.85. The number of ether oxygens (including phenoxy) is 1. The Labute approximate surface area is 160 Å². The second-order valence-electron chi connectivity index (χ2n) is 6.16. The number of sulfone groups is 1. The van der Waals surface area contributed by atoms with Gasteiger partial charge < -0.3 is 15.0 Å². The summed E-state index contributed by atoms with van der Waals surface area (Å²) >= 11 is 0. The van der Waals surface area contributed by atoms with E-state index in [2.05, 4.69) is 5.32 Å². The number of rotatable bonds is 7. The van der Waals surface area contributed by atoms with Gasteiger partial charge in [0.25, 0.3) is 0 Å². The van der Waals surface area contributed by atoms with Crippen LogP contribution in [0, 0.1) is 0 Å². The SMILES string of the molecule is CCOc1ccc(S(=O)(=O)N2CCN(C(=O)NCCS(C)(=O)=O)CC2)cc1. The van der Waals surface area contributed by atoms with E-state index in [9.17, 15) is 21.6 Å². The second-order valence-corrected chi connectivity index (χ2v) is 10.4. The summed E-state index contributed by atoms with van der Waals surface area (Å²) in [4.78, 5) is 13.7. The minimum absolute atomic E-state index is 0.0301. The van der Waals surface area contributed by atoms with E-state index in [4.69, 9.17) is 4.74 Å². The molecule has 2 rings (SSSR count). The van der Waals surface area contributed by atoms with E-state index in [1.165, 1.54) is 21.3 Å². The lowest BCUT2D eigenvalue weighted by Crippen LogP contribution is -2.53. The van der Waals surface area contributed by atoms with Gasteiger partial charge in [-0.2, -0.15) is 4.31 Å². The third-order valence-corrected chi connectivity index (χ3v) is 6.91. The molecule has 1 aliphatic heterocycles. The maximum atomic E-state index is 12.7. The molecule has 0 aliphatic carbocycles. The smallest absolute Gasteiger partial charge is 0.317 e. The highest BCUT2D eigenvalue weighted by Crippen LogP contribution is 2.20. The first-order chi connectivity index (χ1) is 12.6. The van der Waals surface area contributed by atoms with Crippen LogP contribution in [0.4, 0.5) is 4.79 Å². The van der Waals surface area contributed by atoms with Gasteiger partial charge in [-0.25, -0.2) is 21.6 Å². The molecule has 0 unspecified atom stereocenters. The summed E-state index contributed by atoms with van der Waals surface area (Å²) in [6, 6.07) is 5.84. The summed E-state index contributed by atoms with van der Waals surface area (Å²) in [7, 11) is -6.78. The van der Waals surface area contributed by atoms with Crippen LogP contribution in [0.15, 0.2) is 29.2 Å². The predicted molar refractivity (Wildman–Crippen MR) is 101 cm³/mol. The molecule has 2 amide bonds. The lowest BCUT2D eigenvalue weighted by atomic mass is 10.3. The first-order valence-corrected chi connectivity index (χ1v) is 12.1. The molecule has 0 atom stereocenters. The van der Waals surface area contributed by atoms with Crippen molar-refractivity contribution >= 4 is 25.9 Å². The van der Waals surface area contributed by atoms with Gasteiger partial charge in [0.2, 0.25) is 10.0 Å². The number of piperazine rings is 1. The van der Waals surface area contributed by atoms with E-state index >= 15 is 0 Å². The first kappa shape index (κ1) is 21.5. The maximum Gasteiger partial charge on any atom is 0.317 e. The van der Waals surface area contributed by atoms with Crippen LogP contribution in [-0.2, 0) is 19.9 Å². The number of hydrogen-bond donors (Lipinski definition) is 1. The fraction of sp³-hybridized carbons (Fsp3) is 0.562. The molecule has 0 bridgehead atoms. The molecule has 1 aromatic carbocycles. The molecular weight excluding hydrogens is 394 g/mol. The summed E-state index contributed by atoms with van der Waals surface area (Å²) in [6.07, 6.45) is 1.10. The van der Waals surface area contributed by atoms with Crippen molar-refractivity contribution in [3.8, 4) is 5.75 Å². The number of sulfonamides is 1. The van der Waals surface area contributed by atoms with E-state index in [0.717, 1.165) is 6.26 Å². The lowest BCUT2D eigenvalue weighted by Gasteiger charge is -2.34. The zero-order valence-corrected chi connectivity index (χ0v) is 17.1. The van der Waals surface area contributed by atoms with Crippen LogP contribution in [0.25, 0.3) is 0 Å². The summed E-state index contributed by atoms with van der Waals surface area (Å²) in [5.74, 6) is 0.470. The topological polar surface area (TPSA) is 113 Å². The number of carbonyl (C=O) groups is 1. The fourth-order valence-electron chi connectivity index (χ4n) is 2.61. The van der Waals surface area contributed by atoms with Gasteiger partial charge in [-0.1, -0.05) is 0 Å². The third-order valence-electron chi connectivity index (χ3n) is 4.05. The predicted octanol–water partition coefficient (Wildman–Crippen LogP) is 0.146. The van der Waals surface area contributed by atoms with Gasteiger partial charge in [0, 0.05) is 39.0 Å². The van der Waals surface area contributed by atoms with Crippen molar-refractivity contribution < 1.29 is 26.4 Å². The molecule has 1 aromatic rings. The van der Waals surface area contributed by atoms with Gasteiger partial charge in [0.1, 0.15) is 15.6 Å². The summed E-state index contributed by atoms with van der Waals surface area (Å²) in [5, 5.41) is 2.54. The van der Waals surface area contributed by atoms with Crippen LogP contribution in [-0.4, -0.2) is 83.4 Å². The Morgan fingerprint density at radius 1 is 1.07 bits per heavy atom. The highest BCUT2D eigenvalue weighted by atomic mass is 32.2. The molecule has 9 nitrogen and oxygen atoms in total. The molecule has 0 spiro atoms. The summed E-state index contributed by atoms with van der Waals surface area (Å²) in [6.45, 7) is 3.20. The van der Waals surface area contributed by atoms with Crippen LogP contribution in [0.5, 0.6) is 5.75 Å².